The van der Waals surface area contributed by atoms with Gasteiger partial charge in [0.15, 0.2) is 0 Å². The number of halogens is 2. The maximum absolute atomic E-state index is 5.92. The molecule has 0 atom stereocenters. The second-order valence-electron chi connectivity index (χ2n) is 2.64. The summed E-state index contributed by atoms with van der Waals surface area (Å²) < 4.78 is 4.84. The third-order valence-corrected chi connectivity index (χ3v) is 2.13. The van der Waals surface area contributed by atoms with E-state index in [1.165, 1.54) is 12.3 Å². The average Bonchev–Trinajstić information content (AvgIpc) is 2.66. The first-order valence-electron chi connectivity index (χ1n) is 3.98. The lowest BCUT2D eigenvalue weighted by atomic mass is 10.3. The van der Waals surface area contributed by atoms with Crippen LogP contribution in [0, 0.1) is 0 Å². The lowest BCUT2D eigenvalue weighted by Crippen LogP contribution is -1.87. The van der Waals surface area contributed by atoms with E-state index in [0.717, 1.165) is 0 Å². The van der Waals surface area contributed by atoms with Gasteiger partial charge in [-0.05, 0) is 12.1 Å². The van der Waals surface area contributed by atoms with Crippen LogP contribution in [0.2, 0.25) is 10.0 Å². The van der Waals surface area contributed by atoms with Crippen LogP contribution in [0.15, 0.2) is 23.4 Å². The number of hydrogen-bond acceptors (Lipinski definition) is 4. The highest BCUT2D eigenvalue weighted by atomic mass is 35.5. The maximum atomic E-state index is 5.92. The molecule has 0 aromatic carbocycles. The first-order chi connectivity index (χ1) is 7.20. The Morgan fingerprint density at radius 3 is 2.80 bits per heavy atom. The molecule has 76 valence electrons. The Kier molecular flexibility index (Phi) is 2.70. The Hall–Kier alpha value is -1.39. The maximum Gasteiger partial charge on any atom is 0.250 e. The van der Waals surface area contributed by atoms with Crippen LogP contribution < -0.4 is 0 Å². The van der Waals surface area contributed by atoms with Crippen molar-refractivity contribution in [3.05, 3.63) is 34.8 Å². The van der Waals surface area contributed by atoms with Gasteiger partial charge in [0.25, 0.3) is 0 Å². The quantitative estimate of drug-likeness (QED) is 0.811. The zero-order valence-electron chi connectivity index (χ0n) is 7.44. The van der Waals surface area contributed by atoms with E-state index in [1.54, 1.807) is 6.07 Å². The Balaban J connectivity index is 2.49. The molecule has 0 radical (unpaired) electrons. The zero-order chi connectivity index (χ0) is 10.8. The van der Waals surface area contributed by atoms with Gasteiger partial charge >= 0.3 is 0 Å². The molecule has 6 heteroatoms. The van der Waals surface area contributed by atoms with Crippen molar-refractivity contribution in [2.24, 2.45) is 0 Å². The highest BCUT2D eigenvalue weighted by molar-refractivity contribution is 6.35. The second kappa shape index (κ2) is 4.00. The molecule has 2 aromatic heterocycles. The van der Waals surface area contributed by atoms with E-state index in [9.17, 15) is 0 Å². The molecule has 0 unspecified atom stereocenters. The van der Waals surface area contributed by atoms with Gasteiger partial charge in [-0.2, -0.15) is 4.98 Å². The summed E-state index contributed by atoms with van der Waals surface area (Å²) in [5, 5.41) is 4.53. The number of rotatable bonds is 2. The molecule has 2 rings (SSSR count). The highest BCUT2D eigenvalue weighted by Crippen LogP contribution is 2.25. The molecule has 0 N–H and O–H groups in total. The van der Waals surface area contributed by atoms with Crippen molar-refractivity contribution in [2.45, 2.75) is 0 Å². The van der Waals surface area contributed by atoms with Crippen LogP contribution in [0.3, 0.4) is 0 Å². The predicted molar refractivity (Wildman–Crippen MR) is 57.6 cm³/mol. The summed E-state index contributed by atoms with van der Waals surface area (Å²) in [5.41, 5.74) is 0.429. The molecule has 2 aromatic rings. The average molecular weight is 242 g/mol. The number of pyridine rings is 1. The van der Waals surface area contributed by atoms with Crippen molar-refractivity contribution >= 4 is 29.3 Å². The van der Waals surface area contributed by atoms with Crippen molar-refractivity contribution in [3.63, 3.8) is 0 Å². The van der Waals surface area contributed by atoms with E-state index in [-0.39, 0.29) is 0 Å². The van der Waals surface area contributed by atoms with E-state index < -0.39 is 0 Å². The molecule has 0 aliphatic rings. The van der Waals surface area contributed by atoms with Crippen molar-refractivity contribution in [2.75, 3.05) is 0 Å². The van der Waals surface area contributed by atoms with Gasteiger partial charge in [-0.3, -0.25) is 0 Å². The molecule has 0 aliphatic heterocycles. The lowest BCUT2D eigenvalue weighted by molar-refractivity contribution is 0.411. The highest BCUT2D eigenvalue weighted by Gasteiger charge is 2.12. The lowest BCUT2D eigenvalue weighted by Gasteiger charge is -1.96. The minimum Gasteiger partial charge on any atom is -0.334 e. The molecule has 0 bridgehead atoms. The Labute approximate surface area is 95.5 Å². The second-order valence-corrected chi connectivity index (χ2v) is 3.49. The van der Waals surface area contributed by atoms with Crippen LogP contribution in [0.4, 0.5) is 0 Å². The third kappa shape index (κ3) is 2.00. The van der Waals surface area contributed by atoms with Crippen LogP contribution in [-0.2, 0) is 0 Å². The summed E-state index contributed by atoms with van der Waals surface area (Å²) in [6.07, 6.45) is 2.91. The first kappa shape index (κ1) is 10.1. The molecule has 0 spiro atoms. The van der Waals surface area contributed by atoms with Gasteiger partial charge in [-0.25, -0.2) is 4.98 Å². The van der Waals surface area contributed by atoms with E-state index in [1.807, 2.05) is 0 Å². The van der Waals surface area contributed by atoms with Crippen LogP contribution in [0.25, 0.3) is 17.6 Å². The van der Waals surface area contributed by atoms with Crippen LogP contribution >= 0.6 is 23.2 Å². The van der Waals surface area contributed by atoms with Crippen LogP contribution in [-0.4, -0.2) is 15.1 Å². The Morgan fingerprint density at radius 1 is 1.40 bits per heavy atom. The fourth-order valence-corrected chi connectivity index (χ4v) is 1.46. The zero-order valence-corrected chi connectivity index (χ0v) is 8.96. The molecule has 0 saturated heterocycles. The molecule has 15 heavy (non-hydrogen) atoms. The first-order valence-corrected chi connectivity index (χ1v) is 4.74. The van der Waals surface area contributed by atoms with E-state index in [2.05, 4.69) is 21.7 Å². The number of hydrogen-bond donors (Lipinski definition) is 0. The topological polar surface area (TPSA) is 51.8 Å². The van der Waals surface area contributed by atoms with Crippen LogP contribution in [0.1, 0.15) is 5.89 Å². The fourth-order valence-electron chi connectivity index (χ4n) is 0.993. The minimum absolute atomic E-state index is 0.312. The SMILES string of the molecule is C=Cc1nc(-c2ncc(Cl)cc2Cl)no1. The van der Waals surface area contributed by atoms with Gasteiger partial charge in [-0.1, -0.05) is 34.9 Å². The molecule has 4 nitrogen and oxygen atoms in total. The van der Waals surface area contributed by atoms with Crippen molar-refractivity contribution < 1.29 is 4.52 Å². The molecule has 0 amide bonds. The predicted octanol–water partition coefficient (Wildman–Crippen LogP) is 3.08. The number of nitrogens with zero attached hydrogens (tertiary/aromatic N) is 3. The number of aromatic nitrogens is 3. The normalized spacial score (nSPS) is 10.3. The van der Waals surface area contributed by atoms with Crippen molar-refractivity contribution in [1.82, 2.24) is 15.1 Å². The minimum atomic E-state index is 0.312. The summed E-state index contributed by atoms with van der Waals surface area (Å²) in [7, 11) is 0. The van der Waals surface area contributed by atoms with Gasteiger partial charge in [0.1, 0.15) is 5.69 Å². The van der Waals surface area contributed by atoms with Gasteiger partial charge in [0.2, 0.25) is 11.7 Å². The van der Waals surface area contributed by atoms with Crippen molar-refractivity contribution in [3.8, 4) is 11.5 Å². The summed E-state index contributed by atoms with van der Waals surface area (Å²) in [6.45, 7) is 3.50. The standard InChI is InChI=1S/C9H5Cl2N3O/c1-2-7-13-9(14-15-7)8-6(11)3-5(10)4-12-8/h2-4H,1H2. The summed E-state index contributed by atoms with van der Waals surface area (Å²) in [4.78, 5) is 8.02. The fraction of sp³-hybridized carbons (Fsp3) is 0. The molecular weight excluding hydrogens is 237 g/mol. The van der Waals surface area contributed by atoms with Gasteiger partial charge in [0, 0.05) is 6.20 Å². The molecular formula is C9H5Cl2N3O. The van der Waals surface area contributed by atoms with Crippen LogP contribution in [0.5, 0.6) is 0 Å². The molecule has 0 fully saturated rings. The summed E-state index contributed by atoms with van der Waals surface area (Å²) in [5.74, 6) is 0.629. The molecule has 2 heterocycles. The molecule has 0 aliphatic carbocycles. The largest absolute Gasteiger partial charge is 0.334 e. The Bertz CT molecular complexity index is 510. The third-order valence-electron chi connectivity index (χ3n) is 1.64. The van der Waals surface area contributed by atoms with Gasteiger partial charge in [0.05, 0.1) is 10.0 Å². The Morgan fingerprint density at radius 2 is 2.20 bits per heavy atom. The van der Waals surface area contributed by atoms with E-state index >= 15 is 0 Å². The summed E-state index contributed by atoms with van der Waals surface area (Å²) in [6, 6.07) is 1.56. The van der Waals surface area contributed by atoms with Gasteiger partial charge < -0.3 is 4.52 Å². The van der Waals surface area contributed by atoms with Crippen molar-refractivity contribution in [1.29, 1.82) is 0 Å². The smallest absolute Gasteiger partial charge is 0.250 e. The van der Waals surface area contributed by atoms with E-state index in [0.29, 0.717) is 27.5 Å². The molecule has 0 saturated carbocycles. The monoisotopic (exact) mass is 241 g/mol. The summed E-state index contributed by atoms with van der Waals surface area (Å²) >= 11 is 11.6. The van der Waals surface area contributed by atoms with Gasteiger partial charge in [-0.15, -0.1) is 0 Å². The van der Waals surface area contributed by atoms with E-state index in [4.69, 9.17) is 27.7 Å².